The lowest BCUT2D eigenvalue weighted by Gasteiger charge is -2.29. The van der Waals surface area contributed by atoms with Gasteiger partial charge in [-0.3, -0.25) is 0 Å². The molecule has 1 saturated heterocycles. The molecular formula is C33H37F3O2. The number of ether oxygens (including phenoxy) is 2. The first-order chi connectivity index (χ1) is 18.5. The van der Waals surface area contributed by atoms with Gasteiger partial charge in [-0.1, -0.05) is 87.2 Å². The van der Waals surface area contributed by atoms with Gasteiger partial charge in [0.25, 0.3) is 0 Å². The minimum absolute atomic E-state index is 0.0295. The third kappa shape index (κ3) is 6.95. The van der Waals surface area contributed by atoms with Crippen molar-refractivity contribution in [2.75, 3.05) is 13.2 Å². The smallest absolute Gasteiger partial charge is 0.166 e. The Bertz CT molecular complexity index is 1200. The van der Waals surface area contributed by atoms with Crippen LogP contribution in [0.4, 0.5) is 13.2 Å². The number of hydrogen-bond acceptors (Lipinski definition) is 2. The van der Waals surface area contributed by atoms with Crippen LogP contribution in [-0.2, 0) is 15.9 Å². The Morgan fingerprint density at radius 3 is 2.13 bits per heavy atom. The monoisotopic (exact) mass is 522 g/mol. The highest BCUT2D eigenvalue weighted by atomic mass is 19.2. The zero-order valence-corrected chi connectivity index (χ0v) is 22.2. The largest absolute Gasteiger partial charge is 0.352 e. The molecule has 1 heterocycles. The maximum absolute atomic E-state index is 15.1. The van der Waals surface area contributed by atoms with Gasteiger partial charge in [0.1, 0.15) is 5.82 Å². The average molecular weight is 523 g/mol. The lowest BCUT2D eigenvalue weighted by molar-refractivity contribution is -0.189. The van der Waals surface area contributed by atoms with Crippen LogP contribution in [0.1, 0.15) is 68.9 Å². The van der Waals surface area contributed by atoms with E-state index in [1.165, 1.54) is 12.5 Å². The normalized spacial score (nSPS) is 17.5. The zero-order valence-electron chi connectivity index (χ0n) is 22.2. The van der Waals surface area contributed by atoms with Gasteiger partial charge >= 0.3 is 0 Å². The van der Waals surface area contributed by atoms with Crippen LogP contribution in [0.15, 0.2) is 67.3 Å². The van der Waals surface area contributed by atoms with Gasteiger partial charge in [0, 0.05) is 23.5 Å². The zero-order chi connectivity index (χ0) is 26.9. The summed E-state index contributed by atoms with van der Waals surface area (Å²) in [7, 11) is 0. The van der Waals surface area contributed by atoms with E-state index in [0.717, 1.165) is 44.1 Å². The summed E-state index contributed by atoms with van der Waals surface area (Å²) in [6, 6.07) is 15.4. The van der Waals surface area contributed by atoms with Gasteiger partial charge in [-0.15, -0.1) is 6.58 Å². The van der Waals surface area contributed by atoms with Crippen molar-refractivity contribution < 1.29 is 22.6 Å². The lowest BCUT2D eigenvalue weighted by atomic mass is 9.94. The predicted octanol–water partition coefficient (Wildman–Crippen LogP) is 9.37. The van der Waals surface area contributed by atoms with Crippen LogP contribution in [0.25, 0.3) is 22.3 Å². The molecule has 0 bridgehead atoms. The molecule has 1 fully saturated rings. The van der Waals surface area contributed by atoms with Gasteiger partial charge < -0.3 is 9.47 Å². The fourth-order valence-corrected chi connectivity index (χ4v) is 4.93. The summed E-state index contributed by atoms with van der Waals surface area (Å²) in [6.07, 6.45) is 9.03. The van der Waals surface area contributed by atoms with Crippen LogP contribution < -0.4 is 0 Å². The summed E-state index contributed by atoms with van der Waals surface area (Å²) in [4.78, 5) is 0. The molecule has 0 aromatic heterocycles. The maximum atomic E-state index is 15.1. The summed E-state index contributed by atoms with van der Waals surface area (Å²) in [6.45, 7) is 6.82. The fraction of sp³-hybridized carbons (Fsp3) is 0.394. The third-order valence-electron chi connectivity index (χ3n) is 7.26. The van der Waals surface area contributed by atoms with Crippen molar-refractivity contribution in [3.63, 3.8) is 0 Å². The molecule has 0 saturated carbocycles. The molecule has 2 nitrogen and oxygen atoms in total. The Hall–Kier alpha value is -2.89. The highest BCUT2D eigenvalue weighted by molar-refractivity contribution is 5.71. The number of unbranched alkanes of at least 4 members (excludes halogenated alkanes) is 4. The molecule has 202 valence electrons. The first-order valence-electron chi connectivity index (χ1n) is 13.7. The van der Waals surface area contributed by atoms with Crippen molar-refractivity contribution in [2.45, 2.75) is 70.5 Å². The van der Waals surface area contributed by atoms with Crippen LogP contribution in [0.3, 0.4) is 0 Å². The number of hydrogen-bond donors (Lipinski definition) is 0. The second kappa shape index (κ2) is 13.8. The van der Waals surface area contributed by atoms with E-state index < -0.39 is 11.6 Å². The van der Waals surface area contributed by atoms with E-state index >= 15 is 4.39 Å². The van der Waals surface area contributed by atoms with Crippen molar-refractivity contribution in [1.82, 2.24) is 0 Å². The maximum Gasteiger partial charge on any atom is 0.166 e. The number of allylic oxidation sites excluding steroid dienone is 1. The van der Waals surface area contributed by atoms with Crippen molar-refractivity contribution in [3.8, 4) is 22.3 Å². The molecule has 1 aliphatic heterocycles. The summed E-state index contributed by atoms with van der Waals surface area (Å²) < 4.78 is 56.3. The molecule has 0 N–H and O–H groups in total. The van der Waals surface area contributed by atoms with Gasteiger partial charge in [-0.2, -0.15) is 0 Å². The Morgan fingerprint density at radius 2 is 1.47 bits per heavy atom. The molecule has 4 rings (SSSR count). The molecular weight excluding hydrogens is 485 g/mol. The predicted molar refractivity (Wildman–Crippen MR) is 148 cm³/mol. The van der Waals surface area contributed by atoms with Gasteiger partial charge in [-0.25, -0.2) is 13.2 Å². The van der Waals surface area contributed by atoms with Gasteiger partial charge in [0.05, 0.1) is 13.2 Å². The molecule has 0 amide bonds. The Morgan fingerprint density at radius 1 is 0.816 bits per heavy atom. The standard InChI is InChI=1S/C33H37F3O2/c1-3-5-7-8-9-10-25-16-19-29(33(36)32(25)35)24-14-12-23(13-15-24)28-18-17-26(20-30(28)34)27-21-37-31(38-22-27)11-6-4-2/h4,12-20,27,31H,2-3,5-11,21-22H2,1H3. The average Bonchev–Trinajstić information content (AvgIpc) is 2.94. The lowest BCUT2D eigenvalue weighted by Crippen LogP contribution is -2.30. The second-order valence-corrected chi connectivity index (χ2v) is 10.0. The van der Waals surface area contributed by atoms with Crippen LogP contribution in [-0.4, -0.2) is 19.5 Å². The molecule has 5 heteroatoms. The van der Waals surface area contributed by atoms with E-state index in [2.05, 4.69) is 13.5 Å². The molecule has 3 aromatic rings. The van der Waals surface area contributed by atoms with Gasteiger partial charge in [0.2, 0.25) is 0 Å². The Kier molecular flexibility index (Phi) is 10.2. The Labute approximate surface area is 224 Å². The van der Waals surface area contributed by atoms with E-state index in [4.69, 9.17) is 9.47 Å². The molecule has 0 radical (unpaired) electrons. The number of halogens is 3. The first kappa shape index (κ1) is 28.1. The van der Waals surface area contributed by atoms with E-state index in [0.29, 0.717) is 41.9 Å². The van der Waals surface area contributed by atoms with Crippen molar-refractivity contribution in [1.29, 1.82) is 0 Å². The first-order valence-corrected chi connectivity index (χ1v) is 13.7. The quantitative estimate of drug-likeness (QED) is 0.174. The van der Waals surface area contributed by atoms with Crippen LogP contribution in [0, 0.1) is 17.5 Å². The van der Waals surface area contributed by atoms with E-state index in [-0.39, 0.29) is 23.6 Å². The number of benzene rings is 3. The minimum atomic E-state index is -0.831. The minimum Gasteiger partial charge on any atom is -0.352 e. The van der Waals surface area contributed by atoms with Crippen molar-refractivity contribution in [2.24, 2.45) is 0 Å². The van der Waals surface area contributed by atoms with Crippen LogP contribution in [0.5, 0.6) is 0 Å². The summed E-state index contributed by atoms with van der Waals surface area (Å²) in [5.41, 5.74) is 3.13. The van der Waals surface area contributed by atoms with E-state index in [1.807, 2.05) is 12.1 Å². The summed E-state index contributed by atoms with van der Waals surface area (Å²) >= 11 is 0. The highest BCUT2D eigenvalue weighted by Crippen LogP contribution is 2.32. The van der Waals surface area contributed by atoms with Gasteiger partial charge in [0.15, 0.2) is 17.9 Å². The molecule has 0 spiro atoms. The fourth-order valence-electron chi connectivity index (χ4n) is 4.93. The number of aryl methyl sites for hydroxylation is 1. The third-order valence-corrected chi connectivity index (χ3v) is 7.26. The summed E-state index contributed by atoms with van der Waals surface area (Å²) in [5.74, 6) is -1.97. The molecule has 0 unspecified atom stereocenters. The highest BCUT2D eigenvalue weighted by Gasteiger charge is 2.24. The molecule has 0 aliphatic carbocycles. The SMILES string of the molecule is C=CCCC1OCC(c2ccc(-c3ccc(-c4ccc(CCCCCCC)c(F)c4F)cc3)c(F)c2)CO1. The molecule has 38 heavy (non-hydrogen) atoms. The van der Waals surface area contributed by atoms with E-state index in [1.54, 1.807) is 42.5 Å². The Balaban J connectivity index is 1.41. The van der Waals surface area contributed by atoms with Gasteiger partial charge in [-0.05, 0) is 47.6 Å². The van der Waals surface area contributed by atoms with Crippen molar-refractivity contribution in [3.05, 3.63) is 95.8 Å². The topological polar surface area (TPSA) is 18.5 Å². The van der Waals surface area contributed by atoms with Crippen LogP contribution in [0.2, 0.25) is 0 Å². The summed E-state index contributed by atoms with van der Waals surface area (Å²) in [5, 5.41) is 0. The molecule has 0 atom stereocenters. The van der Waals surface area contributed by atoms with Crippen molar-refractivity contribution >= 4 is 0 Å². The molecule has 3 aromatic carbocycles. The number of rotatable bonds is 12. The van der Waals surface area contributed by atoms with E-state index in [9.17, 15) is 8.78 Å². The second-order valence-electron chi connectivity index (χ2n) is 10.0. The van der Waals surface area contributed by atoms with Crippen LogP contribution >= 0.6 is 0 Å². The molecule has 1 aliphatic rings.